The SMILES string of the molecule is CC1CCN(C2CCC(O)(CN)CC2)CC1. The van der Waals surface area contributed by atoms with Crippen molar-refractivity contribution >= 4 is 0 Å². The van der Waals surface area contributed by atoms with Gasteiger partial charge in [0.2, 0.25) is 0 Å². The van der Waals surface area contributed by atoms with Crippen molar-refractivity contribution in [1.82, 2.24) is 4.90 Å². The third-order valence-corrected chi connectivity index (χ3v) is 4.60. The van der Waals surface area contributed by atoms with Gasteiger partial charge in [-0.3, -0.25) is 0 Å². The molecule has 0 aromatic carbocycles. The summed E-state index contributed by atoms with van der Waals surface area (Å²) in [6.07, 6.45) is 6.72. The summed E-state index contributed by atoms with van der Waals surface area (Å²) in [5.74, 6) is 0.904. The van der Waals surface area contributed by atoms with E-state index in [0.29, 0.717) is 12.6 Å². The van der Waals surface area contributed by atoms with Gasteiger partial charge in [-0.2, -0.15) is 0 Å². The van der Waals surface area contributed by atoms with E-state index in [-0.39, 0.29) is 0 Å². The molecule has 2 aliphatic rings. The smallest absolute Gasteiger partial charge is 0.0770 e. The first-order chi connectivity index (χ1) is 7.63. The van der Waals surface area contributed by atoms with Crippen LogP contribution in [0.15, 0.2) is 0 Å². The maximum Gasteiger partial charge on any atom is 0.0770 e. The topological polar surface area (TPSA) is 49.5 Å². The summed E-state index contributed by atoms with van der Waals surface area (Å²) in [6, 6.07) is 0.708. The van der Waals surface area contributed by atoms with Crippen molar-refractivity contribution in [3.8, 4) is 0 Å². The van der Waals surface area contributed by atoms with Crippen molar-refractivity contribution in [3.05, 3.63) is 0 Å². The van der Waals surface area contributed by atoms with Crippen LogP contribution in [0.25, 0.3) is 0 Å². The molecule has 1 aliphatic heterocycles. The minimum Gasteiger partial charge on any atom is -0.389 e. The van der Waals surface area contributed by atoms with Crippen LogP contribution in [0.3, 0.4) is 0 Å². The molecule has 1 aliphatic carbocycles. The number of rotatable bonds is 2. The van der Waals surface area contributed by atoms with E-state index in [0.717, 1.165) is 31.6 Å². The molecular weight excluding hydrogens is 200 g/mol. The van der Waals surface area contributed by atoms with Gasteiger partial charge in [0.05, 0.1) is 5.60 Å². The Morgan fingerprint density at radius 1 is 1.19 bits per heavy atom. The summed E-state index contributed by atoms with van der Waals surface area (Å²) < 4.78 is 0. The second kappa shape index (κ2) is 5.03. The fourth-order valence-corrected chi connectivity index (χ4v) is 3.10. The lowest BCUT2D eigenvalue weighted by Crippen LogP contribution is -2.48. The number of nitrogens with two attached hydrogens (primary N) is 1. The lowest BCUT2D eigenvalue weighted by Gasteiger charge is -2.42. The number of hydrogen-bond donors (Lipinski definition) is 2. The van der Waals surface area contributed by atoms with E-state index < -0.39 is 5.60 Å². The minimum absolute atomic E-state index is 0.427. The number of hydrogen-bond acceptors (Lipinski definition) is 3. The highest BCUT2D eigenvalue weighted by Crippen LogP contribution is 2.32. The molecule has 0 radical (unpaired) electrons. The van der Waals surface area contributed by atoms with E-state index in [2.05, 4.69) is 11.8 Å². The first-order valence-corrected chi connectivity index (χ1v) is 6.79. The van der Waals surface area contributed by atoms with Gasteiger partial charge < -0.3 is 15.7 Å². The van der Waals surface area contributed by atoms with Crippen LogP contribution in [0.1, 0.15) is 45.4 Å². The lowest BCUT2D eigenvalue weighted by atomic mass is 9.81. The lowest BCUT2D eigenvalue weighted by molar-refractivity contribution is -0.0177. The van der Waals surface area contributed by atoms with Crippen molar-refractivity contribution in [2.45, 2.75) is 57.1 Å². The van der Waals surface area contributed by atoms with Gasteiger partial charge >= 0.3 is 0 Å². The Hall–Kier alpha value is -0.120. The van der Waals surface area contributed by atoms with E-state index in [1.807, 2.05) is 0 Å². The Morgan fingerprint density at radius 2 is 1.75 bits per heavy atom. The van der Waals surface area contributed by atoms with Crippen LogP contribution in [-0.2, 0) is 0 Å². The van der Waals surface area contributed by atoms with Gasteiger partial charge in [0, 0.05) is 12.6 Å². The Balaban J connectivity index is 1.80. The van der Waals surface area contributed by atoms with E-state index in [1.165, 1.54) is 25.9 Å². The Kier molecular flexibility index (Phi) is 3.88. The minimum atomic E-state index is -0.556. The molecule has 3 heteroatoms. The molecule has 3 N–H and O–H groups in total. The maximum atomic E-state index is 10.1. The van der Waals surface area contributed by atoms with E-state index >= 15 is 0 Å². The van der Waals surface area contributed by atoms with Crippen LogP contribution >= 0.6 is 0 Å². The van der Waals surface area contributed by atoms with Crippen molar-refractivity contribution in [3.63, 3.8) is 0 Å². The first kappa shape index (κ1) is 12.3. The monoisotopic (exact) mass is 226 g/mol. The fraction of sp³-hybridized carbons (Fsp3) is 1.00. The van der Waals surface area contributed by atoms with Gasteiger partial charge in [-0.25, -0.2) is 0 Å². The average molecular weight is 226 g/mol. The maximum absolute atomic E-state index is 10.1. The zero-order valence-electron chi connectivity index (χ0n) is 10.5. The quantitative estimate of drug-likeness (QED) is 0.747. The van der Waals surface area contributed by atoms with E-state index in [9.17, 15) is 5.11 Å². The van der Waals surface area contributed by atoms with Gasteiger partial charge in [-0.15, -0.1) is 0 Å². The molecule has 0 bridgehead atoms. The molecule has 3 nitrogen and oxygen atoms in total. The normalized spacial score (nSPS) is 38.8. The Bertz CT molecular complexity index is 216. The second-order valence-electron chi connectivity index (χ2n) is 5.88. The zero-order valence-corrected chi connectivity index (χ0v) is 10.5. The summed E-state index contributed by atoms with van der Waals surface area (Å²) in [5.41, 5.74) is 5.06. The predicted octanol–water partition coefficient (Wildman–Crippen LogP) is 1.35. The molecule has 94 valence electrons. The highest BCUT2D eigenvalue weighted by molar-refractivity contribution is 4.90. The van der Waals surface area contributed by atoms with Crippen LogP contribution in [0.5, 0.6) is 0 Å². The zero-order chi connectivity index (χ0) is 11.6. The van der Waals surface area contributed by atoms with E-state index in [4.69, 9.17) is 5.73 Å². The van der Waals surface area contributed by atoms with Crippen LogP contribution in [0.2, 0.25) is 0 Å². The third-order valence-electron chi connectivity index (χ3n) is 4.60. The number of piperidine rings is 1. The molecule has 16 heavy (non-hydrogen) atoms. The first-order valence-electron chi connectivity index (χ1n) is 6.79. The molecule has 2 rings (SSSR count). The predicted molar refractivity (Wildman–Crippen MR) is 66.2 cm³/mol. The second-order valence-corrected chi connectivity index (χ2v) is 5.88. The standard InChI is InChI=1S/C13H26N2O/c1-11-4-8-15(9-5-11)12-2-6-13(16,10-14)7-3-12/h11-12,16H,2-10,14H2,1H3. The highest BCUT2D eigenvalue weighted by atomic mass is 16.3. The van der Waals surface area contributed by atoms with Gasteiger partial charge in [0.15, 0.2) is 0 Å². The van der Waals surface area contributed by atoms with Gasteiger partial charge in [-0.1, -0.05) is 6.92 Å². The molecule has 1 saturated heterocycles. The number of aliphatic hydroxyl groups is 1. The molecule has 0 unspecified atom stereocenters. The average Bonchev–Trinajstić information content (AvgIpc) is 2.32. The van der Waals surface area contributed by atoms with Crippen LogP contribution in [0.4, 0.5) is 0 Å². The summed E-state index contributed by atoms with van der Waals surface area (Å²) in [5, 5.41) is 10.1. The van der Waals surface area contributed by atoms with Crippen molar-refractivity contribution in [2.75, 3.05) is 19.6 Å². The largest absolute Gasteiger partial charge is 0.389 e. The van der Waals surface area contributed by atoms with E-state index in [1.54, 1.807) is 0 Å². The molecular formula is C13H26N2O. The fourth-order valence-electron chi connectivity index (χ4n) is 3.10. The molecule has 0 aromatic heterocycles. The molecule has 2 fully saturated rings. The Morgan fingerprint density at radius 3 is 2.25 bits per heavy atom. The summed E-state index contributed by atoms with van der Waals surface area (Å²) in [6.45, 7) is 5.29. The molecule has 1 saturated carbocycles. The molecule has 1 heterocycles. The molecule has 0 atom stereocenters. The third kappa shape index (κ3) is 2.76. The summed E-state index contributed by atoms with van der Waals surface area (Å²) in [7, 11) is 0. The van der Waals surface area contributed by atoms with Crippen LogP contribution in [0, 0.1) is 5.92 Å². The number of likely N-dealkylation sites (tertiary alicyclic amines) is 1. The summed E-state index contributed by atoms with van der Waals surface area (Å²) in [4.78, 5) is 2.64. The molecule has 0 spiro atoms. The van der Waals surface area contributed by atoms with Crippen molar-refractivity contribution < 1.29 is 5.11 Å². The number of nitrogens with zero attached hydrogens (tertiary/aromatic N) is 1. The molecule has 0 amide bonds. The molecule has 0 aromatic rings. The van der Waals surface area contributed by atoms with Crippen LogP contribution in [-0.4, -0.2) is 41.3 Å². The van der Waals surface area contributed by atoms with Crippen molar-refractivity contribution in [1.29, 1.82) is 0 Å². The van der Waals surface area contributed by atoms with Crippen molar-refractivity contribution in [2.24, 2.45) is 11.7 Å². The van der Waals surface area contributed by atoms with Gasteiger partial charge in [0.1, 0.15) is 0 Å². The summed E-state index contributed by atoms with van der Waals surface area (Å²) >= 11 is 0. The van der Waals surface area contributed by atoms with Crippen LogP contribution < -0.4 is 5.73 Å². The van der Waals surface area contributed by atoms with Gasteiger partial charge in [0.25, 0.3) is 0 Å². The van der Waals surface area contributed by atoms with Gasteiger partial charge in [-0.05, 0) is 57.5 Å². The highest BCUT2D eigenvalue weighted by Gasteiger charge is 2.34. The Labute approximate surface area is 99.0 Å².